The van der Waals surface area contributed by atoms with Gasteiger partial charge in [0.25, 0.3) is 5.91 Å². The zero-order chi connectivity index (χ0) is 18.2. The monoisotopic (exact) mass is 350 g/mol. The lowest BCUT2D eigenvalue weighted by molar-refractivity contribution is -0.151. The third-order valence-electron chi connectivity index (χ3n) is 3.98. The molecule has 0 N–H and O–H groups in total. The molecule has 0 unspecified atom stereocenters. The van der Waals surface area contributed by atoms with E-state index < -0.39 is 5.97 Å². The van der Waals surface area contributed by atoms with Gasteiger partial charge in [0.05, 0.1) is 25.2 Å². The first kappa shape index (κ1) is 18.7. The van der Waals surface area contributed by atoms with Gasteiger partial charge in [0.1, 0.15) is 0 Å². The summed E-state index contributed by atoms with van der Waals surface area (Å²) in [5.74, 6) is -0.899. The van der Waals surface area contributed by atoms with Crippen molar-refractivity contribution in [3.8, 4) is 5.88 Å². The molecular formula is C17H22N2O6. The molecule has 0 bridgehead atoms. The van der Waals surface area contributed by atoms with Crippen LogP contribution in [0.5, 0.6) is 5.88 Å². The third-order valence-corrected chi connectivity index (χ3v) is 3.98. The molecule has 2 rings (SSSR count). The zero-order valence-corrected chi connectivity index (χ0v) is 14.4. The summed E-state index contributed by atoms with van der Waals surface area (Å²) < 4.78 is 14.9. The molecule has 1 aliphatic rings. The highest BCUT2D eigenvalue weighted by Gasteiger charge is 2.28. The summed E-state index contributed by atoms with van der Waals surface area (Å²) in [7, 11) is 1.48. The molecule has 0 spiro atoms. The molecule has 0 aromatic carbocycles. The Morgan fingerprint density at radius 2 is 1.92 bits per heavy atom. The summed E-state index contributed by atoms with van der Waals surface area (Å²) in [5, 5.41) is 0. The fraction of sp³-hybridized carbons (Fsp3) is 0.529. The standard InChI is InChI=1S/C17H22N2O6/c1-3-24-16(21)12-6-8-19(9-7-12)15(20)11-25-17(22)13-4-5-14(23-2)18-10-13/h4-5,10,12H,3,6-9,11H2,1-2H3. The maximum atomic E-state index is 12.1. The van der Waals surface area contributed by atoms with Crippen LogP contribution >= 0.6 is 0 Å². The van der Waals surface area contributed by atoms with Gasteiger partial charge in [0.15, 0.2) is 6.61 Å². The van der Waals surface area contributed by atoms with Gasteiger partial charge in [-0.2, -0.15) is 0 Å². The molecule has 0 aliphatic carbocycles. The molecule has 1 amide bonds. The van der Waals surface area contributed by atoms with Gasteiger partial charge in [-0.15, -0.1) is 0 Å². The Hall–Kier alpha value is -2.64. The highest BCUT2D eigenvalue weighted by molar-refractivity contribution is 5.91. The van der Waals surface area contributed by atoms with Crippen molar-refractivity contribution in [2.75, 3.05) is 33.4 Å². The molecule has 1 aliphatic heterocycles. The van der Waals surface area contributed by atoms with Gasteiger partial charge < -0.3 is 19.1 Å². The van der Waals surface area contributed by atoms with Crippen LogP contribution in [0.1, 0.15) is 30.1 Å². The number of likely N-dealkylation sites (tertiary alicyclic amines) is 1. The Morgan fingerprint density at radius 3 is 2.48 bits per heavy atom. The normalized spacial score (nSPS) is 14.7. The second-order valence-electron chi connectivity index (χ2n) is 5.57. The van der Waals surface area contributed by atoms with Gasteiger partial charge in [-0.3, -0.25) is 9.59 Å². The van der Waals surface area contributed by atoms with E-state index in [1.807, 2.05) is 0 Å². The molecular weight excluding hydrogens is 328 g/mol. The van der Waals surface area contributed by atoms with Crippen LogP contribution in [0.4, 0.5) is 0 Å². The number of ether oxygens (including phenoxy) is 3. The first-order chi connectivity index (χ1) is 12.0. The Labute approximate surface area is 146 Å². The molecule has 1 aromatic heterocycles. The van der Waals surface area contributed by atoms with E-state index in [4.69, 9.17) is 14.2 Å². The maximum Gasteiger partial charge on any atom is 0.340 e. The predicted octanol–water partition coefficient (Wildman–Crippen LogP) is 1.05. The lowest BCUT2D eigenvalue weighted by Crippen LogP contribution is -2.42. The minimum Gasteiger partial charge on any atom is -0.481 e. The molecule has 136 valence electrons. The summed E-state index contributed by atoms with van der Waals surface area (Å²) in [6.07, 6.45) is 2.44. The van der Waals surface area contributed by atoms with Gasteiger partial charge in [-0.05, 0) is 25.8 Å². The number of hydrogen-bond donors (Lipinski definition) is 0. The average molecular weight is 350 g/mol. The second-order valence-corrected chi connectivity index (χ2v) is 5.57. The van der Waals surface area contributed by atoms with E-state index in [2.05, 4.69) is 4.98 Å². The quantitative estimate of drug-likeness (QED) is 0.708. The number of nitrogens with zero attached hydrogens (tertiary/aromatic N) is 2. The first-order valence-corrected chi connectivity index (χ1v) is 8.16. The molecule has 8 nitrogen and oxygen atoms in total. The Morgan fingerprint density at radius 1 is 1.20 bits per heavy atom. The number of piperidine rings is 1. The van der Waals surface area contributed by atoms with Crippen molar-refractivity contribution in [3.63, 3.8) is 0 Å². The van der Waals surface area contributed by atoms with Crippen LogP contribution in [0.2, 0.25) is 0 Å². The minimum atomic E-state index is -0.620. The van der Waals surface area contributed by atoms with Crippen LogP contribution in [0, 0.1) is 5.92 Å². The van der Waals surface area contributed by atoms with Crippen molar-refractivity contribution >= 4 is 17.8 Å². The number of carbonyl (C=O) groups is 3. The van der Waals surface area contributed by atoms with Gasteiger partial charge in [0, 0.05) is 25.4 Å². The maximum absolute atomic E-state index is 12.1. The summed E-state index contributed by atoms with van der Waals surface area (Å²) in [4.78, 5) is 41.2. The predicted molar refractivity (Wildman–Crippen MR) is 87.0 cm³/mol. The lowest BCUT2D eigenvalue weighted by atomic mass is 9.97. The van der Waals surface area contributed by atoms with Gasteiger partial charge in [-0.25, -0.2) is 9.78 Å². The van der Waals surface area contributed by atoms with Crippen molar-refractivity contribution in [3.05, 3.63) is 23.9 Å². The molecule has 25 heavy (non-hydrogen) atoms. The number of hydrogen-bond acceptors (Lipinski definition) is 7. The number of amides is 1. The van der Waals surface area contributed by atoms with Crippen LogP contribution in [0.3, 0.4) is 0 Å². The van der Waals surface area contributed by atoms with Crippen molar-refractivity contribution in [1.29, 1.82) is 0 Å². The topological polar surface area (TPSA) is 95.0 Å². The number of aromatic nitrogens is 1. The van der Waals surface area contributed by atoms with Crippen molar-refractivity contribution < 1.29 is 28.6 Å². The lowest BCUT2D eigenvalue weighted by Gasteiger charge is -2.30. The fourth-order valence-electron chi connectivity index (χ4n) is 2.55. The Bertz CT molecular complexity index is 608. The molecule has 0 saturated carbocycles. The highest BCUT2D eigenvalue weighted by atomic mass is 16.5. The van der Waals surface area contributed by atoms with Gasteiger partial charge in [0.2, 0.25) is 5.88 Å². The summed E-state index contributed by atoms with van der Waals surface area (Å²) in [5.41, 5.74) is 0.245. The molecule has 2 heterocycles. The highest BCUT2D eigenvalue weighted by Crippen LogP contribution is 2.19. The number of methoxy groups -OCH3 is 1. The largest absolute Gasteiger partial charge is 0.481 e. The van der Waals surface area contributed by atoms with Crippen LogP contribution in [-0.2, 0) is 19.1 Å². The SMILES string of the molecule is CCOC(=O)C1CCN(C(=O)COC(=O)c2ccc(OC)nc2)CC1. The van der Waals surface area contributed by atoms with E-state index in [1.165, 1.54) is 19.4 Å². The van der Waals surface area contributed by atoms with Crippen molar-refractivity contribution in [1.82, 2.24) is 9.88 Å². The van der Waals surface area contributed by atoms with E-state index >= 15 is 0 Å². The summed E-state index contributed by atoms with van der Waals surface area (Å²) in [6.45, 7) is 2.68. The van der Waals surface area contributed by atoms with E-state index in [1.54, 1.807) is 17.9 Å². The molecule has 1 saturated heterocycles. The average Bonchev–Trinajstić information content (AvgIpc) is 2.66. The second kappa shape index (κ2) is 9.00. The molecule has 1 fully saturated rings. The fourth-order valence-corrected chi connectivity index (χ4v) is 2.55. The Kier molecular flexibility index (Phi) is 6.73. The van der Waals surface area contributed by atoms with Crippen LogP contribution in [0.15, 0.2) is 18.3 Å². The molecule has 1 aromatic rings. The third kappa shape index (κ3) is 5.17. The smallest absolute Gasteiger partial charge is 0.340 e. The van der Waals surface area contributed by atoms with E-state index in [9.17, 15) is 14.4 Å². The molecule has 8 heteroatoms. The Balaban J connectivity index is 1.77. The van der Waals surface area contributed by atoms with Gasteiger partial charge in [-0.1, -0.05) is 0 Å². The first-order valence-electron chi connectivity index (χ1n) is 8.16. The van der Waals surface area contributed by atoms with E-state index in [-0.39, 0.29) is 30.0 Å². The number of carbonyl (C=O) groups excluding carboxylic acids is 3. The van der Waals surface area contributed by atoms with E-state index in [0.717, 1.165) is 0 Å². The van der Waals surface area contributed by atoms with E-state index in [0.29, 0.717) is 38.4 Å². The number of pyridine rings is 1. The van der Waals surface area contributed by atoms with Crippen molar-refractivity contribution in [2.24, 2.45) is 5.92 Å². The molecule has 0 radical (unpaired) electrons. The van der Waals surface area contributed by atoms with Crippen LogP contribution in [-0.4, -0.2) is 61.1 Å². The summed E-state index contributed by atoms with van der Waals surface area (Å²) in [6, 6.07) is 3.06. The number of esters is 2. The minimum absolute atomic E-state index is 0.170. The van der Waals surface area contributed by atoms with Gasteiger partial charge >= 0.3 is 11.9 Å². The zero-order valence-electron chi connectivity index (χ0n) is 14.4. The summed E-state index contributed by atoms with van der Waals surface area (Å²) >= 11 is 0. The molecule has 0 atom stereocenters. The number of rotatable bonds is 6. The van der Waals surface area contributed by atoms with Crippen molar-refractivity contribution in [2.45, 2.75) is 19.8 Å². The van der Waals surface area contributed by atoms with Crippen LogP contribution in [0.25, 0.3) is 0 Å². The van der Waals surface area contributed by atoms with Crippen LogP contribution < -0.4 is 4.74 Å².